The monoisotopic (exact) mass is 129 g/mol. The van der Waals surface area contributed by atoms with Crippen molar-refractivity contribution in [3.05, 3.63) is 6.42 Å². The fraction of sp³-hybridized carbons (Fsp3) is 0.714. The standard InChI is InChI=1S/C7H13O2/c1-3-5-6-7(8)9-4-2/h3H,4-6H2,1-2H3. The van der Waals surface area contributed by atoms with Gasteiger partial charge < -0.3 is 4.74 Å². The van der Waals surface area contributed by atoms with Crippen LogP contribution in [-0.4, -0.2) is 12.6 Å². The lowest BCUT2D eigenvalue weighted by Gasteiger charge is -1.97. The van der Waals surface area contributed by atoms with Crippen molar-refractivity contribution in [2.24, 2.45) is 0 Å². The Bertz CT molecular complexity index is 79.0. The molecule has 0 aromatic rings. The predicted molar refractivity (Wildman–Crippen MR) is 35.8 cm³/mol. The Kier molecular flexibility index (Phi) is 5.27. The second kappa shape index (κ2) is 5.60. The Balaban J connectivity index is 3.06. The Labute approximate surface area is 56.2 Å². The zero-order valence-corrected chi connectivity index (χ0v) is 6.02. The smallest absolute Gasteiger partial charge is 0.305 e. The van der Waals surface area contributed by atoms with Crippen LogP contribution in [0.15, 0.2) is 0 Å². The Hall–Kier alpha value is -0.530. The largest absolute Gasteiger partial charge is 0.466 e. The van der Waals surface area contributed by atoms with Gasteiger partial charge in [-0.2, -0.15) is 0 Å². The van der Waals surface area contributed by atoms with E-state index in [1.807, 2.05) is 20.3 Å². The summed E-state index contributed by atoms with van der Waals surface area (Å²) in [5, 5.41) is 0. The maximum Gasteiger partial charge on any atom is 0.305 e. The second-order valence-corrected chi connectivity index (χ2v) is 1.75. The summed E-state index contributed by atoms with van der Waals surface area (Å²) in [7, 11) is 0. The molecule has 0 atom stereocenters. The van der Waals surface area contributed by atoms with Crippen molar-refractivity contribution in [1.29, 1.82) is 0 Å². The van der Waals surface area contributed by atoms with Gasteiger partial charge in [0.25, 0.3) is 0 Å². The first kappa shape index (κ1) is 8.47. The Morgan fingerprint density at radius 3 is 2.78 bits per heavy atom. The normalized spacial score (nSPS) is 9.11. The summed E-state index contributed by atoms with van der Waals surface area (Å²) in [4.78, 5) is 10.6. The molecule has 0 spiro atoms. The van der Waals surface area contributed by atoms with Crippen LogP contribution in [0.5, 0.6) is 0 Å². The zero-order chi connectivity index (χ0) is 7.11. The van der Waals surface area contributed by atoms with Crippen LogP contribution in [0.3, 0.4) is 0 Å². The van der Waals surface area contributed by atoms with E-state index >= 15 is 0 Å². The zero-order valence-electron chi connectivity index (χ0n) is 6.02. The lowest BCUT2D eigenvalue weighted by Crippen LogP contribution is -2.02. The van der Waals surface area contributed by atoms with Crippen LogP contribution < -0.4 is 0 Å². The number of carbonyl (C=O) groups excluding carboxylic acids is 1. The van der Waals surface area contributed by atoms with Crippen LogP contribution in [0.2, 0.25) is 0 Å². The van der Waals surface area contributed by atoms with Crippen molar-refractivity contribution >= 4 is 5.97 Å². The minimum atomic E-state index is -0.101. The van der Waals surface area contributed by atoms with Gasteiger partial charge in [0.15, 0.2) is 0 Å². The van der Waals surface area contributed by atoms with E-state index in [2.05, 4.69) is 4.74 Å². The predicted octanol–water partition coefficient (Wildman–Crippen LogP) is 1.55. The minimum absolute atomic E-state index is 0.101. The molecule has 0 rings (SSSR count). The number of ether oxygens (including phenoxy) is 1. The number of hydrogen-bond donors (Lipinski definition) is 0. The third-order valence-corrected chi connectivity index (χ3v) is 0.942. The topological polar surface area (TPSA) is 26.3 Å². The summed E-state index contributed by atoms with van der Waals surface area (Å²) >= 11 is 0. The van der Waals surface area contributed by atoms with Crippen LogP contribution >= 0.6 is 0 Å². The van der Waals surface area contributed by atoms with E-state index < -0.39 is 0 Å². The van der Waals surface area contributed by atoms with Crippen LogP contribution in [-0.2, 0) is 9.53 Å². The maximum atomic E-state index is 10.6. The minimum Gasteiger partial charge on any atom is -0.466 e. The van der Waals surface area contributed by atoms with E-state index in [0.29, 0.717) is 13.0 Å². The molecular formula is C7H13O2. The van der Waals surface area contributed by atoms with Crippen molar-refractivity contribution in [3.8, 4) is 0 Å². The van der Waals surface area contributed by atoms with E-state index in [-0.39, 0.29) is 5.97 Å². The van der Waals surface area contributed by atoms with Crippen LogP contribution in [0.4, 0.5) is 0 Å². The van der Waals surface area contributed by atoms with E-state index in [0.717, 1.165) is 6.42 Å². The van der Waals surface area contributed by atoms with Gasteiger partial charge in [0.2, 0.25) is 0 Å². The van der Waals surface area contributed by atoms with Gasteiger partial charge >= 0.3 is 5.97 Å². The molecule has 9 heavy (non-hydrogen) atoms. The van der Waals surface area contributed by atoms with Crippen molar-refractivity contribution < 1.29 is 9.53 Å². The van der Waals surface area contributed by atoms with Crippen molar-refractivity contribution in [2.75, 3.05) is 6.61 Å². The van der Waals surface area contributed by atoms with Gasteiger partial charge in [0.05, 0.1) is 6.61 Å². The molecule has 1 radical (unpaired) electrons. The van der Waals surface area contributed by atoms with Crippen LogP contribution in [0.25, 0.3) is 0 Å². The molecule has 0 aliphatic carbocycles. The Morgan fingerprint density at radius 1 is 1.67 bits per heavy atom. The number of esters is 1. The first-order valence-electron chi connectivity index (χ1n) is 3.24. The highest BCUT2D eigenvalue weighted by molar-refractivity contribution is 5.69. The first-order valence-corrected chi connectivity index (χ1v) is 3.24. The molecule has 0 fully saturated rings. The first-order chi connectivity index (χ1) is 4.31. The molecular weight excluding hydrogens is 116 g/mol. The summed E-state index contributed by atoms with van der Waals surface area (Å²) in [5.74, 6) is -0.101. The molecule has 0 bridgehead atoms. The van der Waals surface area contributed by atoms with Gasteiger partial charge in [-0.05, 0) is 19.8 Å². The molecule has 0 aliphatic heterocycles. The van der Waals surface area contributed by atoms with Gasteiger partial charge in [-0.1, -0.05) is 6.92 Å². The van der Waals surface area contributed by atoms with Gasteiger partial charge in [-0.15, -0.1) is 0 Å². The summed E-state index contributed by atoms with van der Waals surface area (Å²) < 4.78 is 4.69. The second-order valence-electron chi connectivity index (χ2n) is 1.75. The molecule has 2 heteroatoms. The third-order valence-electron chi connectivity index (χ3n) is 0.942. The van der Waals surface area contributed by atoms with Gasteiger partial charge in [-0.25, -0.2) is 0 Å². The molecule has 0 N–H and O–H groups in total. The molecule has 0 aromatic heterocycles. The molecule has 0 saturated heterocycles. The Morgan fingerprint density at radius 2 is 2.33 bits per heavy atom. The van der Waals surface area contributed by atoms with Gasteiger partial charge in [-0.3, -0.25) is 4.79 Å². The maximum absolute atomic E-state index is 10.6. The molecule has 0 aromatic carbocycles. The summed E-state index contributed by atoms with van der Waals surface area (Å²) in [6, 6.07) is 0. The summed E-state index contributed by atoms with van der Waals surface area (Å²) in [5.41, 5.74) is 0. The quantitative estimate of drug-likeness (QED) is 0.538. The van der Waals surface area contributed by atoms with Gasteiger partial charge in [0, 0.05) is 6.42 Å². The SMILES string of the molecule is C[CH]CCC(=O)OCC. The van der Waals surface area contributed by atoms with E-state index in [1.54, 1.807) is 0 Å². The van der Waals surface area contributed by atoms with Crippen molar-refractivity contribution in [1.82, 2.24) is 0 Å². The fourth-order valence-electron chi connectivity index (χ4n) is 0.495. The van der Waals surface area contributed by atoms with Gasteiger partial charge in [0.1, 0.15) is 0 Å². The highest BCUT2D eigenvalue weighted by Gasteiger charge is 1.97. The van der Waals surface area contributed by atoms with E-state index in [9.17, 15) is 4.79 Å². The highest BCUT2D eigenvalue weighted by Crippen LogP contribution is 1.94. The van der Waals surface area contributed by atoms with E-state index in [4.69, 9.17) is 0 Å². The highest BCUT2D eigenvalue weighted by atomic mass is 16.5. The molecule has 2 nitrogen and oxygen atoms in total. The number of hydrogen-bond acceptors (Lipinski definition) is 2. The number of rotatable bonds is 4. The number of unbranched alkanes of at least 4 members (excludes halogenated alkanes) is 1. The lowest BCUT2D eigenvalue weighted by molar-refractivity contribution is -0.143. The fourth-order valence-corrected chi connectivity index (χ4v) is 0.495. The molecule has 0 saturated carbocycles. The molecule has 0 heterocycles. The van der Waals surface area contributed by atoms with Crippen molar-refractivity contribution in [3.63, 3.8) is 0 Å². The molecule has 53 valence electrons. The van der Waals surface area contributed by atoms with Crippen LogP contribution in [0, 0.1) is 6.42 Å². The van der Waals surface area contributed by atoms with Crippen LogP contribution in [0.1, 0.15) is 26.7 Å². The lowest BCUT2D eigenvalue weighted by atomic mass is 10.3. The molecule has 0 aliphatic rings. The van der Waals surface area contributed by atoms with Crippen molar-refractivity contribution in [2.45, 2.75) is 26.7 Å². The molecule has 0 unspecified atom stereocenters. The number of carbonyl (C=O) groups is 1. The third kappa shape index (κ3) is 5.34. The average Bonchev–Trinajstić information content (AvgIpc) is 1.85. The average molecular weight is 129 g/mol. The summed E-state index contributed by atoms with van der Waals surface area (Å²) in [6.07, 6.45) is 3.29. The van der Waals surface area contributed by atoms with E-state index in [1.165, 1.54) is 0 Å². The summed E-state index contributed by atoms with van der Waals surface area (Å²) in [6.45, 7) is 4.23. The molecule has 0 amide bonds.